The molecular weight excluding hydrogens is 228 g/mol. The van der Waals surface area contributed by atoms with Crippen LogP contribution in [0.2, 0.25) is 0 Å². The first kappa shape index (κ1) is 13.1. The quantitative estimate of drug-likeness (QED) is 0.778. The molecule has 1 fully saturated rings. The van der Waals surface area contributed by atoms with E-state index in [4.69, 9.17) is 4.74 Å². The zero-order chi connectivity index (χ0) is 12.8. The summed E-state index contributed by atoms with van der Waals surface area (Å²) in [5.41, 5.74) is 1.24. The van der Waals surface area contributed by atoms with Gasteiger partial charge in [0, 0.05) is 19.1 Å². The van der Waals surface area contributed by atoms with Crippen LogP contribution in [0.15, 0.2) is 30.3 Å². The van der Waals surface area contributed by atoms with Crippen LogP contribution in [0, 0.1) is 5.92 Å². The van der Waals surface area contributed by atoms with Crippen LogP contribution in [0.1, 0.15) is 12.0 Å². The minimum atomic E-state index is -0.132. The number of carbonyl (C=O) groups excluding carboxylic acids is 1. The number of piperidine rings is 1. The summed E-state index contributed by atoms with van der Waals surface area (Å²) in [4.78, 5) is 11.7. The highest BCUT2D eigenvalue weighted by molar-refractivity contribution is 5.73. The number of carbonyl (C=O) groups is 1. The molecule has 4 nitrogen and oxygen atoms in total. The zero-order valence-electron chi connectivity index (χ0n) is 10.7. The maximum Gasteiger partial charge on any atom is 0.311 e. The van der Waals surface area contributed by atoms with E-state index in [2.05, 4.69) is 22.8 Å². The Morgan fingerprint density at radius 1 is 1.44 bits per heavy atom. The van der Waals surface area contributed by atoms with Gasteiger partial charge in [-0.3, -0.25) is 4.79 Å². The Balaban J connectivity index is 1.91. The smallest absolute Gasteiger partial charge is 0.311 e. The molecule has 0 saturated carbocycles. The first-order chi connectivity index (χ1) is 8.81. The third-order valence-electron chi connectivity index (χ3n) is 3.40. The third kappa shape index (κ3) is 3.31. The second-order valence-electron chi connectivity index (χ2n) is 4.60. The molecule has 1 saturated heterocycles. The predicted molar refractivity (Wildman–Crippen MR) is 70.1 cm³/mol. The van der Waals surface area contributed by atoms with Gasteiger partial charge in [0.25, 0.3) is 0 Å². The standard InChI is InChI=1S/C14H20N2O2/c1-18-14(17)12-10-15-8-7-13(12)16-9-11-5-3-2-4-6-11/h2-6,12-13,15-16H,7-10H2,1H3/t12-,13+/m0/s1. The fourth-order valence-electron chi connectivity index (χ4n) is 2.35. The highest BCUT2D eigenvalue weighted by atomic mass is 16.5. The molecule has 1 aliphatic rings. The lowest BCUT2D eigenvalue weighted by atomic mass is 9.93. The molecule has 2 N–H and O–H groups in total. The average molecular weight is 248 g/mol. The lowest BCUT2D eigenvalue weighted by Gasteiger charge is -2.31. The lowest BCUT2D eigenvalue weighted by Crippen LogP contribution is -2.50. The van der Waals surface area contributed by atoms with Crippen LogP contribution in [-0.4, -0.2) is 32.2 Å². The predicted octanol–water partition coefficient (Wildman–Crippen LogP) is 0.927. The minimum absolute atomic E-state index is 0.0903. The number of rotatable bonds is 4. The maximum atomic E-state index is 11.7. The largest absolute Gasteiger partial charge is 0.469 e. The van der Waals surface area contributed by atoms with E-state index < -0.39 is 0 Å². The Kier molecular flexibility index (Phi) is 4.73. The molecule has 4 heteroatoms. The van der Waals surface area contributed by atoms with Crippen LogP contribution < -0.4 is 10.6 Å². The van der Waals surface area contributed by atoms with Gasteiger partial charge in [0.05, 0.1) is 13.0 Å². The second-order valence-corrected chi connectivity index (χ2v) is 4.60. The minimum Gasteiger partial charge on any atom is -0.469 e. The highest BCUT2D eigenvalue weighted by Gasteiger charge is 2.31. The second kappa shape index (κ2) is 6.52. The molecule has 0 spiro atoms. The summed E-state index contributed by atoms with van der Waals surface area (Å²) in [5, 5.41) is 6.70. The number of benzene rings is 1. The van der Waals surface area contributed by atoms with E-state index in [1.165, 1.54) is 12.7 Å². The lowest BCUT2D eigenvalue weighted by molar-refractivity contribution is -0.147. The van der Waals surface area contributed by atoms with Crippen molar-refractivity contribution in [2.24, 2.45) is 5.92 Å². The molecule has 1 aromatic rings. The molecule has 0 aliphatic carbocycles. The molecule has 0 radical (unpaired) electrons. The van der Waals surface area contributed by atoms with Gasteiger partial charge in [-0.15, -0.1) is 0 Å². The van der Waals surface area contributed by atoms with Crippen molar-refractivity contribution in [2.75, 3.05) is 20.2 Å². The van der Waals surface area contributed by atoms with Gasteiger partial charge < -0.3 is 15.4 Å². The highest BCUT2D eigenvalue weighted by Crippen LogP contribution is 2.14. The van der Waals surface area contributed by atoms with Gasteiger partial charge >= 0.3 is 5.97 Å². The van der Waals surface area contributed by atoms with Crippen molar-refractivity contribution in [3.05, 3.63) is 35.9 Å². The van der Waals surface area contributed by atoms with Crippen LogP contribution >= 0.6 is 0 Å². The van der Waals surface area contributed by atoms with Gasteiger partial charge in [0.2, 0.25) is 0 Å². The molecule has 98 valence electrons. The monoisotopic (exact) mass is 248 g/mol. The summed E-state index contributed by atoms with van der Waals surface area (Å²) in [5.74, 6) is -0.222. The van der Waals surface area contributed by atoms with Crippen LogP contribution in [0.4, 0.5) is 0 Å². The summed E-state index contributed by atoms with van der Waals surface area (Å²) >= 11 is 0. The van der Waals surface area contributed by atoms with Gasteiger partial charge in [0.1, 0.15) is 0 Å². The molecule has 1 aromatic carbocycles. The Morgan fingerprint density at radius 3 is 2.94 bits per heavy atom. The van der Waals surface area contributed by atoms with E-state index in [0.717, 1.165) is 19.5 Å². The van der Waals surface area contributed by atoms with Crippen molar-refractivity contribution < 1.29 is 9.53 Å². The van der Waals surface area contributed by atoms with Crippen LogP contribution in [0.5, 0.6) is 0 Å². The van der Waals surface area contributed by atoms with Crippen LogP contribution in [0.3, 0.4) is 0 Å². The van der Waals surface area contributed by atoms with Gasteiger partial charge in [0.15, 0.2) is 0 Å². The Morgan fingerprint density at radius 2 is 2.22 bits per heavy atom. The van der Waals surface area contributed by atoms with E-state index in [-0.39, 0.29) is 17.9 Å². The summed E-state index contributed by atoms with van der Waals surface area (Å²) < 4.78 is 4.85. The van der Waals surface area contributed by atoms with Crippen molar-refractivity contribution in [1.82, 2.24) is 10.6 Å². The molecule has 18 heavy (non-hydrogen) atoms. The molecule has 0 amide bonds. The Bertz CT molecular complexity index is 381. The Hall–Kier alpha value is -1.39. The zero-order valence-corrected chi connectivity index (χ0v) is 10.7. The van der Waals surface area contributed by atoms with Crippen LogP contribution in [-0.2, 0) is 16.1 Å². The summed E-state index contributed by atoms with van der Waals surface area (Å²) in [6, 6.07) is 10.4. The number of hydrogen-bond donors (Lipinski definition) is 2. The SMILES string of the molecule is COC(=O)[C@H]1CNCC[C@H]1NCc1ccccc1. The molecular formula is C14H20N2O2. The fraction of sp³-hybridized carbons (Fsp3) is 0.500. The van der Waals surface area contributed by atoms with Crippen molar-refractivity contribution >= 4 is 5.97 Å². The maximum absolute atomic E-state index is 11.7. The number of ether oxygens (including phenoxy) is 1. The van der Waals surface area contributed by atoms with E-state index in [1.807, 2.05) is 18.2 Å². The molecule has 1 heterocycles. The van der Waals surface area contributed by atoms with Crippen LogP contribution in [0.25, 0.3) is 0 Å². The molecule has 2 atom stereocenters. The molecule has 2 rings (SSSR count). The van der Waals surface area contributed by atoms with Gasteiger partial charge in [-0.25, -0.2) is 0 Å². The van der Waals surface area contributed by atoms with Crippen molar-refractivity contribution in [2.45, 2.75) is 19.0 Å². The van der Waals surface area contributed by atoms with Gasteiger partial charge in [-0.2, -0.15) is 0 Å². The Labute approximate surface area is 108 Å². The fourth-order valence-corrected chi connectivity index (χ4v) is 2.35. The number of methoxy groups -OCH3 is 1. The van der Waals surface area contributed by atoms with E-state index >= 15 is 0 Å². The van der Waals surface area contributed by atoms with Gasteiger partial charge in [-0.1, -0.05) is 30.3 Å². The molecule has 0 unspecified atom stereocenters. The number of nitrogens with one attached hydrogen (secondary N) is 2. The number of esters is 1. The number of hydrogen-bond acceptors (Lipinski definition) is 4. The van der Waals surface area contributed by atoms with Crippen molar-refractivity contribution in [1.29, 1.82) is 0 Å². The third-order valence-corrected chi connectivity index (χ3v) is 3.40. The summed E-state index contributed by atoms with van der Waals surface area (Å²) in [6.07, 6.45) is 0.951. The molecule has 1 aliphatic heterocycles. The van der Waals surface area contributed by atoms with Crippen molar-refractivity contribution in [3.63, 3.8) is 0 Å². The molecule has 0 aromatic heterocycles. The van der Waals surface area contributed by atoms with Crippen molar-refractivity contribution in [3.8, 4) is 0 Å². The average Bonchev–Trinajstić information content (AvgIpc) is 2.45. The molecule has 0 bridgehead atoms. The van der Waals surface area contributed by atoms with E-state index in [9.17, 15) is 4.79 Å². The van der Waals surface area contributed by atoms with E-state index in [1.54, 1.807) is 0 Å². The topological polar surface area (TPSA) is 50.4 Å². The normalized spacial score (nSPS) is 23.6. The first-order valence-corrected chi connectivity index (χ1v) is 6.37. The van der Waals surface area contributed by atoms with E-state index in [0.29, 0.717) is 6.54 Å². The first-order valence-electron chi connectivity index (χ1n) is 6.37. The summed E-state index contributed by atoms with van der Waals surface area (Å²) in [7, 11) is 1.45. The summed E-state index contributed by atoms with van der Waals surface area (Å²) in [6.45, 7) is 2.43. The van der Waals surface area contributed by atoms with Gasteiger partial charge in [-0.05, 0) is 18.5 Å².